The van der Waals surface area contributed by atoms with Gasteiger partial charge in [0.15, 0.2) is 0 Å². The first-order valence-corrected chi connectivity index (χ1v) is 4.40. The van der Waals surface area contributed by atoms with Crippen molar-refractivity contribution in [3.8, 4) is 0 Å². The van der Waals surface area contributed by atoms with Crippen LogP contribution in [0.1, 0.15) is 11.1 Å². The molecule has 0 aliphatic carbocycles. The summed E-state index contributed by atoms with van der Waals surface area (Å²) in [5, 5.41) is 0. The predicted octanol–water partition coefficient (Wildman–Crippen LogP) is 2.64. The summed E-state index contributed by atoms with van der Waals surface area (Å²) in [6, 6.07) is 20.7. The van der Waals surface area contributed by atoms with E-state index in [0.717, 1.165) is 0 Å². The summed E-state index contributed by atoms with van der Waals surface area (Å²) in [6.45, 7) is 0. The molecule has 1 heteroatoms. The molecule has 0 N–H and O–H groups in total. The summed E-state index contributed by atoms with van der Waals surface area (Å²) >= 11 is 0. The van der Waals surface area contributed by atoms with Gasteiger partial charge in [-0.15, -0.1) is 0 Å². The van der Waals surface area contributed by atoms with Gasteiger partial charge in [0.25, 0.3) is 0 Å². The second kappa shape index (κ2) is 6.54. The minimum atomic E-state index is 0. The number of hydrogen-bond donors (Lipinski definition) is 0. The summed E-state index contributed by atoms with van der Waals surface area (Å²) in [7, 11) is 0. The van der Waals surface area contributed by atoms with Gasteiger partial charge in [-0.05, 0) is 11.1 Å². The van der Waals surface area contributed by atoms with E-state index in [1.54, 1.807) is 0 Å². The quantitative estimate of drug-likeness (QED) is 0.664. The molecule has 0 spiro atoms. The number of rotatable bonds is 2. The van der Waals surface area contributed by atoms with Crippen molar-refractivity contribution in [2.24, 2.45) is 0 Å². The Labute approximate surface area is 128 Å². The van der Waals surface area contributed by atoms with Crippen molar-refractivity contribution in [3.05, 3.63) is 78.2 Å². The Morgan fingerprint density at radius 2 is 0.929 bits per heavy atom. The molecular weight excluding hydrogens is 195 g/mol. The predicted molar refractivity (Wildman–Crippen MR) is 62.5 cm³/mol. The van der Waals surface area contributed by atoms with Crippen molar-refractivity contribution in [1.82, 2.24) is 0 Å². The van der Waals surface area contributed by atoms with Gasteiger partial charge in [0, 0.05) is 6.42 Å². The molecular formula is C13H12K. The first kappa shape index (κ1) is 12.1. The molecule has 0 amide bonds. The maximum atomic E-state index is 2.17. The summed E-state index contributed by atoms with van der Waals surface area (Å²) in [6.07, 6.45) is 2.17. The molecule has 0 atom stereocenters. The van der Waals surface area contributed by atoms with Gasteiger partial charge < -0.3 is 0 Å². The van der Waals surface area contributed by atoms with E-state index in [1.165, 1.54) is 11.1 Å². The van der Waals surface area contributed by atoms with Crippen LogP contribution in [-0.4, -0.2) is 51.4 Å². The normalized spacial score (nSPS) is 9.14. The van der Waals surface area contributed by atoms with E-state index in [2.05, 4.69) is 55.0 Å². The first-order chi connectivity index (χ1) is 6.45. The molecule has 0 fully saturated rings. The van der Waals surface area contributed by atoms with E-state index in [9.17, 15) is 0 Å². The zero-order valence-corrected chi connectivity index (χ0v) is 7.35. The zero-order valence-electron chi connectivity index (χ0n) is 7.35. The molecule has 0 nitrogen and oxygen atoms in total. The summed E-state index contributed by atoms with van der Waals surface area (Å²) in [4.78, 5) is 0. The SMILES string of the molecule is [CH](c1ccccc1)c1ccccc1.[KH]. The van der Waals surface area contributed by atoms with Crippen LogP contribution in [0, 0.1) is 6.42 Å². The minimum absolute atomic E-state index is 0. The standard InChI is InChI=1S/C13H11.K.H/c1-3-7-12(8-4-1)11-13-9-5-2-6-10-13;;/h1-11H;;. The third kappa shape index (κ3) is 3.68. The summed E-state index contributed by atoms with van der Waals surface area (Å²) in [5.41, 5.74) is 2.49. The molecule has 1 radical (unpaired) electrons. The average molecular weight is 207 g/mol. The Morgan fingerprint density at radius 3 is 1.29 bits per heavy atom. The van der Waals surface area contributed by atoms with Crippen LogP contribution in [0.25, 0.3) is 0 Å². The molecule has 0 aliphatic rings. The van der Waals surface area contributed by atoms with Crippen LogP contribution in [0.4, 0.5) is 0 Å². The van der Waals surface area contributed by atoms with Gasteiger partial charge in [-0.3, -0.25) is 0 Å². The van der Waals surface area contributed by atoms with Gasteiger partial charge in [0.1, 0.15) is 0 Å². The number of benzene rings is 2. The van der Waals surface area contributed by atoms with Gasteiger partial charge in [-0.1, -0.05) is 60.7 Å². The average Bonchev–Trinajstić information content (AvgIpc) is 2.21. The molecule has 2 rings (SSSR count). The molecule has 0 heterocycles. The molecule has 14 heavy (non-hydrogen) atoms. The molecule has 2 aromatic carbocycles. The van der Waals surface area contributed by atoms with Gasteiger partial charge >= 0.3 is 51.4 Å². The second-order valence-corrected chi connectivity index (χ2v) is 2.97. The third-order valence-corrected chi connectivity index (χ3v) is 1.93. The Hall–Kier alpha value is 0.0764. The van der Waals surface area contributed by atoms with Gasteiger partial charge in [-0.2, -0.15) is 0 Å². The van der Waals surface area contributed by atoms with Crippen LogP contribution >= 0.6 is 0 Å². The van der Waals surface area contributed by atoms with Crippen LogP contribution in [-0.2, 0) is 0 Å². The van der Waals surface area contributed by atoms with E-state index in [0.29, 0.717) is 0 Å². The Bertz CT molecular complexity index is 316. The van der Waals surface area contributed by atoms with Gasteiger partial charge in [-0.25, -0.2) is 0 Å². The van der Waals surface area contributed by atoms with Crippen LogP contribution in [0.2, 0.25) is 0 Å². The van der Waals surface area contributed by atoms with Crippen molar-refractivity contribution < 1.29 is 0 Å². The topological polar surface area (TPSA) is 0 Å². The monoisotopic (exact) mass is 207 g/mol. The van der Waals surface area contributed by atoms with Gasteiger partial charge in [0.2, 0.25) is 0 Å². The van der Waals surface area contributed by atoms with E-state index in [-0.39, 0.29) is 51.4 Å². The molecule has 0 unspecified atom stereocenters. The van der Waals surface area contributed by atoms with Crippen molar-refractivity contribution >= 4 is 51.4 Å². The first-order valence-electron chi connectivity index (χ1n) is 4.40. The molecule has 0 saturated carbocycles. The van der Waals surface area contributed by atoms with Gasteiger partial charge in [0.05, 0.1) is 0 Å². The summed E-state index contributed by atoms with van der Waals surface area (Å²) in [5.74, 6) is 0. The zero-order chi connectivity index (χ0) is 8.93. The van der Waals surface area contributed by atoms with E-state index < -0.39 is 0 Å². The van der Waals surface area contributed by atoms with Crippen molar-refractivity contribution in [3.63, 3.8) is 0 Å². The van der Waals surface area contributed by atoms with E-state index in [4.69, 9.17) is 0 Å². The molecule has 0 saturated heterocycles. The second-order valence-electron chi connectivity index (χ2n) is 2.97. The van der Waals surface area contributed by atoms with E-state index in [1.807, 2.05) is 12.1 Å². The molecule has 2 aromatic rings. The van der Waals surface area contributed by atoms with Crippen molar-refractivity contribution in [1.29, 1.82) is 0 Å². The molecule has 65 valence electrons. The van der Waals surface area contributed by atoms with Crippen LogP contribution in [0.3, 0.4) is 0 Å². The van der Waals surface area contributed by atoms with Crippen molar-refractivity contribution in [2.45, 2.75) is 0 Å². The molecule has 0 aliphatic heterocycles. The Balaban J connectivity index is 0.000000980. The fourth-order valence-electron chi connectivity index (χ4n) is 1.29. The van der Waals surface area contributed by atoms with Crippen molar-refractivity contribution in [2.75, 3.05) is 0 Å². The van der Waals surface area contributed by atoms with Crippen LogP contribution < -0.4 is 0 Å². The molecule has 0 bridgehead atoms. The molecule has 0 aromatic heterocycles. The third-order valence-electron chi connectivity index (χ3n) is 1.93. The summed E-state index contributed by atoms with van der Waals surface area (Å²) < 4.78 is 0. The number of hydrogen-bond acceptors (Lipinski definition) is 0. The Kier molecular flexibility index (Phi) is 5.67. The maximum absolute atomic E-state index is 2.17. The fourth-order valence-corrected chi connectivity index (χ4v) is 1.29. The Morgan fingerprint density at radius 1 is 0.571 bits per heavy atom. The fraction of sp³-hybridized carbons (Fsp3) is 0. The van der Waals surface area contributed by atoms with Crippen LogP contribution in [0.15, 0.2) is 60.7 Å². The van der Waals surface area contributed by atoms with E-state index >= 15 is 0 Å². The van der Waals surface area contributed by atoms with Crippen LogP contribution in [0.5, 0.6) is 0 Å².